The van der Waals surface area contributed by atoms with E-state index in [2.05, 4.69) is 84.9 Å². The van der Waals surface area contributed by atoms with Crippen LogP contribution in [-0.2, 0) is 0 Å². The first-order chi connectivity index (χ1) is 22.0. The van der Waals surface area contributed by atoms with Crippen LogP contribution in [-0.4, -0.2) is 0 Å². The summed E-state index contributed by atoms with van der Waals surface area (Å²) in [7, 11) is 0. The van der Waals surface area contributed by atoms with Crippen LogP contribution in [0.2, 0.25) is 0 Å². The maximum Gasteiger partial charge on any atom is 0.0629 e. The predicted molar refractivity (Wildman–Crippen MR) is 180 cm³/mol. The van der Waals surface area contributed by atoms with E-state index in [-0.39, 0.29) is 24.2 Å². The summed E-state index contributed by atoms with van der Waals surface area (Å²) in [6, 6.07) is 41.5. The molecule has 9 aromatic rings. The number of rotatable bonds is 2. The van der Waals surface area contributed by atoms with Crippen molar-refractivity contribution in [3.8, 4) is 22.3 Å². The fraction of sp³-hybridized carbons (Fsp3) is 0. The molecule has 0 bridgehead atoms. The van der Waals surface area contributed by atoms with E-state index in [9.17, 15) is 0 Å². The summed E-state index contributed by atoms with van der Waals surface area (Å²) in [4.78, 5) is 0. The van der Waals surface area contributed by atoms with Crippen molar-refractivity contribution in [3.63, 3.8) is 0 Å². The van der Waals surface area contributed by atoms with Crippen molar-refractivity contribution in [2.24, 2.45) is 0 Å². The van der Waals surface area contributed by atoms with E-state index < -0.39 is 0 Å². The maximum absolute atomic E-state index is 9.04. The zero-order chi connectivity index (χ0) is 30.4. The van der Waals surface area contributed by atoms with Gasteiger partial charge in [-0.15, -0.1) is 11.3 Å². The molecule has 0 saturated carbocycles. The van der Waals surface area contributed by atoms with E-state index in [1.165, 1.54) is 31.6 Å². The van der Waals surface area contributed by atoms with E-state index in [4.69, 9.17) is 5.48 Å². The predicted octanol–water partition coefficient (Wildman–Crippen LogP) is 12.0. The Kier molecular flexibility index (Phi) is 4.09. The van der Waals surface area contributed by atoms with Gasteiger partial charge < -0.3 is 0 Å². The SMILES string of the molecule is [2H]c1c([2H])c(-c2ccc3c(c2)sc2ccc4ccccc4c23)c([2H])c([2H])c1-c1ccc2c(ccc3cc4ccccc4cc32)c1. The molecule has 0 radical (unpaired) electrons. The third-order valence-corrected chi connectivity index (χ3v) is 9.38. The zero-order valence-corrected chi connectivity index (χ0v) is 22.8. The van der Waals surface area contributed by atoms with E-state index in [0.717, 1.165) is 31.6 Å². The molecule has 0 unspecified atom stereocenters. The molecular formula is C40H24S. The zero-order valence-electron chi connectivity index (χ0n) is 26.0. The van der Waals surface area contributed by atoms with E-state index >= 15 is 0 Å². The Bertz CT molecular complexity index is 2680. The smallest absolute Gasteiger partial charge is 0.0629 e. The first kappa shape index (κ1) is 19.2. The minimum Gasteiger partial charge on any atom is -0.135 e. The summed E-state index contributed by atoms with van der Waals surface area (Å²) in [6.45, 7) is 0. The highest BCUT2D eigenvalue weighted by Gasteiger charge is 2.11. The highest BCUT2D eigenvalue weighted by molar-refractivity contribution is 7.26. The highest BCUT2D eigenvalue weighted by atomic mass is 32.1. The Labute approximate surface area is 247 Å². The molecule has 41 heavy (non-hydrogen) atoms. The van der Waals surface area contributed by atoms with Crippen LogP contribution in [0.1, 0.15) is 5.48 Å². The summed E-state index contributed by atoms with van der Waals surface area (Å²) >= 11 is 1.69. The Morgan fingerprint density at radius 1 is 0.366 bits per heavy atom. The van der Waals surface area contributed by atoms with Crippen LogP contribution < -0.4 is 0 Å². The van der Waals surface area contributed by atoms with Crippen molar-refractivity contribution in [2.75, 3.05) is 0 Å². The lowest BCUT2D eigenvalue weighted by atomic mass is 9.95. The lowest BCUT2D eigenvalue weighted by molar-refractivity contribution is 1.62. The number of fused-ring (bicyclic) bond motifs is 9. The van der Waals surface area contributed by atoms with E-state index in [0.29, 0.717) is 22.3 Å². The van der Waals surface area contributed by atoms with Crippen molar-refractivity contribution < 1.29 is 5.48 Å². The molecule has 0 nitrogen and oxygen atoms in total. The Morgan fingerprint density at radius 2 is 0.976 bits per heavy atom. The molecule has 0 fully saturated rings. The van der Waals surface area contributed by atoms with Gasteiger partial charge in [-0.25, -0.2) is 0 Å². The average molecular weight is 541 g/mol. The van der Waals surface area contributed by atoms with Gasteiger partial charge in [-0.1, -0.05) is 115 Å². The molecule has 1 heterocycles. The molecule has 1 heteroatoms. The molecule has 190 valence electrons. The summed E-state index contributed by atoms with van der Waals surface area (Å²) in [5.41, 5.74) is 2.03. The number of hydrogen-bond donors (Lipinski definition) is 0. The van der Waals surface area contributed by atoms with Crippen molar-refractivity contribution in [1.29, 1.82) is 0 Å². The van der Waals surface area contributed by atoms with Gasteiger partial charge in [-0.3, -0.25) is 0 Å². The Balaban J connectivity index is 1.19. The molecule has 0 spiro atoms. The normalized spacial score (nSPS) is 13.3. The monoisotopic (exact) mass is 540 g/mol. The quantitative estimate of drug-likeness (QED) is 0.151. The number of thiophene rings is 1. The molecule has 0 saturated heterocycles. The molecule has 0 N–H and O–H groups in total. The summed E-state index contributed by atoms with van der Waals surface area (Å²) in [5.74, 6) is 0. The molecule has 0 atom stereocenters. The fourth-order valence-corrected chi connectivity index (χ4v) is 7.37. The lowest BCUT2D eigenvalue weighted by Crippen LogP contribution is -1.83. The second-order valence-electron chi connectivity index (χ2n) is 10.6. The molecule has 0 aliphatic heterocycles. The van der Waals surface area contributed by atoms with Crippen molar-refractivity contribution >= 4 is 74.6 Å². The third kappa shape index (κ3) is 3.60. The summed E-state index contributed by atoms with van der Waals surface area (Å²) in [6.07, 6.45) is 0. The molecule has 0 amide bonds. The van der Waals surface area contributed by atoms with Gasteiger partial charge in [-0.2, -0.15) is 0 Å². The standard InChI is InChI=1S/C40H24S/c1-2-7-29-23-37-33(21-28(29)6-1)14-13-32-22-30(15-18-34(32)37)25-9-11-26(12-10-25)31-16-19-36-39(24-31)41-38-20-17-27-5-3-4-8-35(27)40(36)38/h1-24H/i9D,10D,11D,12D. The van der Waals surface area contributed by atoms with Gasteiger partial charge in [0.25, 0.3) is 0 Å². The molecular weight excluding hydrogens is 513 g/mol. The maximum atomic E-state index is 9.04. The Morgan fingerprint density at radius 3 is 1.76 bits per heavy atom. The molecule has 0 aliphatic carbocycles. The second-order valence-corrected chi connectivity index (χ2v) is 11.7. The van der Waals surface area contributed by atoms with Crippen LogP contribution in [0.25, 0.3) is 85.5 Å². The van der Waals surface area contributed by atoms with Crippen molar-refractivity contribution in [1.82, 2.24) is 0 Å². The average Bonchev–Trinajstić information content (AvgIpc) is 3.45. The van der Waals surface area contributed by atoms with Gasteiger partial charge in [0.15, 0.2) is 0 Å². The van der Waals surface area contributed by atoms with Crippen LogP contribution >= 0.6 is 11.3 Å². The minimum atomic E-state index is -0.0282. The highest BCUT2D eigenvalue weighted by Crippen LogP contribution is 2.40. The van der Waals surface area contributed by atoms with Crippen molar-refractivity contribution in [2.45, 2.75) is 0 Å². The number of benzene rings is 8. The van der Waals surface area contributed by atoms with Crippen LogP contribution in [0.15, 0.2) is 145 Å². The number of hydrogen-bond acceptors (Lipinski definition) is 1. The van der Waals surface area contributed by atoms with E-state index in [1.54, 1.807) is 11.3 Å². The first-order valence-electron chi connectivity index (χ1n) is 15.8. The largest absolute Gasteiger partial charge is 0.135 e. The van der Waals surface area contributed by atoms with Crippen LogP contribution in [0.3, 0.4) is 0 Å². The second kappa shape index (κ2) is 8.76. The lowest BCUT2D eigenvalue weighted by Gasteiger charge is -2.10. The van der Waals surface area contributed by atoms with Gasteiger partial charge in [-0.05, 0) is 95.7 Å². The van der Waals surface area contributed by atoms with Gasteiger partial charge >= 0.3 is 0 Å². The van der Waals surface area contributed by atoms with Crippen LogP contribution in [0.5, 0.6) is 0 Å². The van der Waals surface area contributed by atoms with Gasteiger partial charge in [0.05, 0.1) is 5.48 Å². The first-order valence-corrected chi connectivity index (χ1v) is 14.6. The van der Waals surface area contributed by atoms with Crippen LogP contribution in [0.4, 0.5) is 0 Å². The van der Waals surface area contributed by atoms with Gasteiger partial charge in [0.1, 0.15) is 0 Å². The Hall–Kier alpha value is -4.98. The van der Waals surface area contributed by atoms with Gasteiger partial charge in [0.2, 0.25) is 0 Å². The van der Waals surface area contributed by atoms with Gasteiger partial charge in [0, 0.05) is 20.2 Å². The molecule has 9 rings (SSSR count). The minimum absolute atomic E-state index is 0.0259. The summed E-state index contributed by atoms with van der Waals surface area (Å²) < 4.78 is 38.4. The van der Waals surface area contributed by atoms with Crippen molar-refractivity contribution in [3.05, 3.63) is 145 Å². The van der Waals surface area contributed by atoms with Crippen LogP contribution in [0, 0.1) is 0 Å². The fourth-order valence-electron chi connectivity index (χ4n) is 6.21. The molecule has 0 aliphatic rings. The third-order valence-electron chi connectivity index (χ3n) is 8.27. The topological polar surface area (TPSA) is 0 Å². The molecule has 1 aromatic heterocycles. The molecule has 8 aromatic carbocycles. The summed E-state index contributed by atoms with van der Waals surface area (Å²) in [5, 5.41) is 11.5. The van der Waals surface area contributed by atoms with E-state index in [1.807, 2.05) is 36.4 Å².